The van der Waals surface area contributed by atoms with E-state index in [1.807, 2.05) is 60.7 Å². The summed E-state index contributed by atoms with van der Waals surface area (Å²) < 4.78 is 28.2. The van der Waals surface area contributed by atoms with Gasteiger partial charge < -0.3 is 20.7 Å². The van der Waals surface area contributed by atoms with E-state index in [1.165, 1.54) is 12.6 Å². The van der Waals surface area contributed by atoms with Gasteiger partial charge in [-0.25, -0.2) is 23.4 Å². The molecule has 0 bridgehead atoms. The number of ether oxygens (including phenoxy) is 1. The van der Waals surface area contributed by atoms with Crippen molar-refractivity contribution >= 4 is 38.1 Å². The Labute approximate surface area is 204 Å². The molecule has 4 aromatic rings. The number of aromatic nitrogens is 3. The number of fused-ring (bicyclic) bond motifs is 1. The molecule has 0 fully saturated rings. The number of hydrogen-bond donors (Lipinski definition) is 3. The largest absolute Gasteiger partial charge is 0.489 e. The Morgan fingerprint density at radius 3 is 2.49 bits per heavy atom. The van der Waals surface area contributed by atoms with E-state index in [4.69, 9.17) is 4.74 Å². The lowest BCUT2D eigenvalue weighted by Crippen LogP contribution is -2.27. The van der Waals surface area contributed by atoms with E-state index in [-0.39, 0.29) is 5.75 Å². The summed E-state index contributed by atoms with van der Waals surface area (Å²) in [4.78, 5) is 13.1. The van der Waals surface area contributed by atoms with E-state index in [1.54, 1.807) is 6.20 Å². The number of benzene rings is 2. The van der Waals surface area contributed by atoms with Gasteiger partial charge in [0.1, 0.15) is 40.2 Å². The van der Waals surface area contributed by atoms with Crippen molar-refractivity contribution in [3.05, 3.63) is 78.8 Å². The molecule has 0 radical (unpaired) electrons. The summed E-state index contributed by atoms with van der Waals surface area (Å²) in [6, 6.07) is 19.6. The Morgan fingerprint density at radius 1 is 0.914 bits per heavy atom. The molecule has 0 saturated heterocycles. The van der Waals surface area contributed by atoms with E-state index in [0.717, 1.165) is 27.9 Å². The molecule has 35 heavy (non-hydrogen) atoms. The second-order valence-electron chi connectivity index (χ2n) is 8.04. The van der Waals surface area contributed by atoms with Crippen molar-refractivity contribution in [1.29, 1.82) is 0 Å². The molecule has 3 N–H and O–H groups in total. The molecular formula is C25H28N6O3S. The van der Waals surface area contributed by atoms with Gasteiger partial charge in [0.05, 0.1) is 17.5 Å². The predicted octanol–water partition coefficient (Wildman–Crippen LogP) is 3.39. The fourth-order valence-electron chi connectivity index (χ4n) is 3.33. The van der Waals surface area contributed by atoms with Gasteiger partial charge in [-0.1, -0.05) is 30.3 Å². The molecule has 4 rings (SSSR count). The Bertz CT molecular complexity index is 1350. The van der Waals surface area contributed by atoms with Crippen LogP contribution in [0.25, 0.3) is 10.9 Å². The summed E-state index contributed by atoms with van der Waals surface area (Å²) >= 11 is 0. The van der Waals surface area contributed by atoms with Crippen LogP contribution in [-0.4, -0.2) is 55.0 Å². The van der Waals surface area contributed by atoms with Crippen LogP contribution >= 0.6 is 0 Å². The molecule has 182 valence electrons. The number of sulfone groups is 1. The average Bonchev–Trinajstić information content (AvgIpc) is 2.86. The lowest BCUT2D eigenvalue weighted by Gasteiger charge is -2.11. The summed E-state index contributed by atoms with van der Waals surface area (Å²) in [5.41, 5.74) is 2.71. The van der Waals surface area contributed by atoms with Crippen LogP contribution in [0.1, 0.15) is 5.56 Å². The van der Waals surface area contributed by atoms with Crippen molar-refractivity contribution < 1.29 is 13.2 Å². The quantitative estimate of drug-likeness (QED) is 0.256. The first-order valence-corrected chi connectivity index (χ1v) is 13.3. The van der Waals surface area contributed by atoms with Crippen LogP contribution in [0.2, 0.25) is 0 Å². The number of pyridine rings is 1. The molecule has 0 aliphatic heterocycles. The van der Waals surface area contributed by atoms with Gasteiger partial charge >= 0.3 is 0 Å². The zero-order chi connectivity index (χ0) is 24.5. The van der Waals surface area contributed by atoms with Gasteiger partial charge in [0.2, 0.25) is 0 Å². The van der Waals surface area contributed by atoms with Crippen molar-refractivity contribution in [2.45, 2.75) is 6.61 Å². The van der Waals surface area contributed by atoms with Crippen molar-refractivity contribution in [2.24, 2.45) is 0 Å². The topological polar surface area (TPSA) is 118 Å². The molecule has 9 nitrogen and oxygen atoms in total. The third-order valence-electron chi connectivity index (χ3n) is 5.14. The maximum atomic E-state index is 11.2. The third-order valence-corrected chi connectivity index (χ3v) is 6.09. The molecule has 0 atom stereocenters. The smallest absolute Gasteiger partial charge is 0.148 e. The molecule has 0 unspecified atom stereocenters. The number of rotatable bonds is 12. The molecule has 0 saturated carbocycles. The average molecular weight is 493 g/mol. The molecule has 0 aliphatic carbocycles. The highest BCUT2D eigenvalue weighted by Crippen LogP contribution is 2.25. The number of hydrogen-bond acceptors (Lipinski definition) is 9. The number of nitrogens with zero attached hydrogens (tertiary/aromatic N) is 3. The molecule has 0 spiro atoms. The van der Waals surface area contributed by atoms with Gasteiger partial charge in [0.25, 0.3) is 0 Å². The Balaban J connectivity index is 1.35. The summed E-state index contributed by atoms with van der Waals surface area (Å²) in [5, 5.41) is 10.5. The highest BCUT2D eigenvalue weighted by atomic mass is 32.2. The maximum Gasteiger partial charge on any atom is 0.148 e. The minimum Gasteiger partial charge on any atom is -0.489 e. The molecular weight excluding hydrogens is 464 g/mol. The molecule has 2 aromatic heterocycles. The summed E-state index contributed by atoms with van der Waals surface area (Å²) in [5.74, 6) is 2.26. The van der Waals surface area contributed by atoms with Crippen LogP contribution in [0.3, 0.4) is 0 Å². The minimum absolute atomic E-state index is 0.119. The highest BCUT2D eigenvalue weighted by Gasteiger charge is 2.07. The van der Waals surface area contributed by atoms with Gasteiger partial charge in [0, 0.05) is 37.0 Å². The first-order chi connectivity index (χ1) is 17.0. The molecule has 10 heteroatoms. The zero-order valence-corrected chi connectivity index (χ0v) is 20.3. The SMILES string of the molecule is CS(=O)(=O)CCNCCNc1cc2c(Nc3ccc(OCc4ccccc4)cc3)ncnc2cn1. The van der Waals surface area contributed by atoms with Crippen molar-refractivity contribution in [3.8, 4) is 5.75 Å². The van der Waals surface area contributed by atoms with Crippen LogP contribution in [0.5, 0.6) is 5.75 Å². The van der Waals surface area contributed by atoms with Crippen molar-refractivity contribution in [1.82, 2.24) is 20.3 Å². The van der Waals surface area contributed by atoms with Gasteiger partial charge in [-0.3, -0.25) is 0 Å². The van der Waals surface area contributed by atoms with Gasteiger partial charge in [-0.05, 0) is 35.9 Å². The summed E-state index contributed by atoms with van der Waals surface area (Å²) in [7, 11) is -2.96. The van der Waals surface area contributed by atoms with E-state index in [2.05, 4.69) is 30.9 Å². The summed E-state index contributed by atoms with van der Waals surface area (Å²) in [6.07, 6.45) is 4.43. The number of nitrogens with one attached hydrogen (secondary N) is 3. The van der Waals surface area contributed by atoms with Crippen LogP contribution in [0.4, 0.5) is 17.3 Å². The van der Waals surface area contributed by atoms with Gasteiger partial charge in [-0.2, -0.15) is 0 Å². The lowest BCUT2D eigenvalue weighted by molar-refractivity contribution is 0.306. The second kappa shape index (κ2) is 11.6. The lowest BCUT2D eigenvalue weighted by atomic mass is 10.2. The highest BCUT2D eigenvalue weighted by molar-refractivity contribution is 7.90. The predicted molar refractivity (Wildman–Crippen MR) is 139 cm³/mol. The molecule has 0 aliphatic rings. The van der Waals surface area contributed by atoms with Crippen LogP contribution in [-0.2, 0) is 16.4 Å². The maximum absolute atomic E-state index is 11.2. The van der Waals surface area contributed by atoms with E-state index in [0.29, 0.717) is 37.9 Å². The minimum atomic E-state index is -2.96. The first kappa shape index (κ1) is 24.4. The Morgan fingerprint density at radius 2 is 1.71 bits per heavy atom. The Hall–Kier alpha value is -3.76. The van der Waals surface area contributed by atoms with E-state index < -0.39 is 9.84 Å². The van der Waals surface area contributed by atoms with Crippen LogP contribution < -0.4 is 20.7 Å². The first-order valence-electron chi connectivity index (χ1n) is 11.2. The van der Waals surface area contributed by atoms with Crippen molar-refractivity contribution in [3.63, 3.8) is 0 Å². The van der Waals surface area contributed by atoms with Crippen LogP contribution in [0, 0.1) is 0 Å². The standard InChI is InChI=1S/C25H28N6O3S/c1-35(32,33)14-13-26-11-12-27-24-15-22-23(16-28-24)29-18-30-25(22)31-20-7-9-21(10-8-20)34-17-19-5-3-2-4-6-19/h2-10,15-16,18,26H,11-14,17H2,1H3,(H,27,28)(H,29,30,31). The van der Waals surface area contributed by atoms with E-state index in [9.17, 15) is 8.42 Å². The van der Waals surface area contributed by atoms with E-state index >= 15 is 0 Å². The number of anilines is 3. The third kappa shape index (κ3) is 7.62. The van der Waals surface area contributed by atoms with Crippen LogP contribution in [0.15, 0.2) is 73.2 Å². The van der Waals surface area contributed by atoms with Crippen molar-refractivity contribution in [2.75, 3.05) is 42.3 Å². The molecule has 2 aromatic carbocycles. The summed E-state index contributed by atoms with van der Waals surface area (Å²) in [6.45, 7) is 2.15. The Kier molecular flexibility index (Phi) is 8.07. The fourth-order valence-corrected chi connectivity index (χ4v) is 3.84. The van der Waals surface area contributed by atoms with Gasteiger partial charge in [-0.15, -0.1) is 0 Å². The fraction of sp³-hybridized carbons (Fsp3) is 0.240. The monoisotopic (exact) mass is 492 g/mol. The zero-order valence-electron chi connectivity index (χ0n) is 19.4. The second-order valence-corrected chi connectivity index (χ2v) is 10.3. The normalized spacial score (nSPS) is 11.3. The molecule has 0 amide bonds. The molecule has 2 heterocycles. The van der Waals surface area contributed by atoms with Gasteiger partial charge in [0.15, 0.2) is 0 Å².